The lowest BCUT2D eigenvalue weighted by Crippen LogP contribution is -2.46. The van der Waals surface area contributed by atoms with Crippen LogP contribution in [0.4, 0.5) is 0 Å². The Hall–Kier alpha value is -3.00. The van der Waals surface area contributed by atoms with Crippen molar-refractivity contribution in [1.29, 1.82) is 0 Å². The molecule has 0 spiro atoms. The number of benzene rings is 2. The van der Waals surface area contributed by atoms with Gasteiger partial charge in [-0.2, -0.15) is 0 Å². The van der Waals surface area contributed by atoms with Gasteiger partial charge in [-0.15, -0.1) is 4.91 Å². The second kappa shape index (κ2) is 10.8. The van der Waals surface area contributed by atoms with Gasteiger partial charge < -0.3 is 18.9 Å². The van der Waals surface area contributed by atoms with Gasteiger partial charge in [-0.05, 0) is 84.0 Å². The van der Waals surface area contributed by atoms with Crippen molar-refractivity contribution in [3.05, 3.63) is 51.4 Å². The summed E-state index contributed by atoms with van der Waals surface area (Å²) in [6, 6.07) is 8.73. The van der Waals surface area contributed by atoms with Crippen LogP contribution in [0.25, 0.3) is 0 Å². The van der Waals surface area contributed by atoms with Gasteiger partial charge in [0.2, 0.25) is 0 Å². The zero-order valence-corrected chi connectivity index (χ0v) is 22.7. The van der Waals surface area contributed by atoms with Crippen molar-refractivity contribution in [2.75, 3.05) is 48.1 Å². The van der Waals surface area contributed by atoms with E-state index in [2.05, 4.69) is 41.4 Å². The predicted molar refractivity (Wildman–Crippen MR) is 143 cm³/mol. The summed E-state index contributed by atoms with van der Waals surface area (Å²) >= 11 is 0. The van der Waals surface area contributed by atoms with E-state index in [1.807, 2.05) is 0 Å². The van der Waals surface area contributed by atoms with Crippen LogP contribution in [0.5, 0.6) is 23.0 Å². The van der Waals surface area contributed by atoms with Gasteiger partial charge in [-0.25, -0.2) is 0 Å². The highest BCUT2D eigenvalue weighted by Gasteiger charge is 2.41. The van der Waals surface area contributed by atoms with E-state index in [9.17, 15) is 4.91 Å². The summed E-state index contributed by atoms with van der Waals surface area (Å²) < 4.78 is 22.4. The number of nitroso groups, excluding NO2 is 1. The maximum Gasteiger partial charge on any atom is 0.161 e. The number of methoxy groups -OCH3 is 4. The fourth-order valence-electron chi connectivity index (χ4n) is 6.90. The predicted octanol–water partition coefficient (Wildman–Crippen LogP) is 5.34. The molecule has 1 fully saturated rings. The first-order valence-electron chi connectivity index (χ1n) is 13.4. The second-order valence-corrected chi connectivity index (χ2v) is 10.5. The molecule has 8 heteroatoms. The monoisotopic (exact) mass is 509 g/mol. The van der Waals surface area contributed by atoms with Crippen LogP contribution in [-0.4, -0.2) is 58.0 Å². The molecular weight excluding hydrogens is 470 g/mol. The quantitative estimate of drug-likeness (QED) is 0.445. The molecule has 0 amide bonds. The number of nitrogens with zero attached hydrogens (tertiary/aromatic N) is 3. The summed E-state index contributed by atoms with van der Waals surface area (Å²) in [5.74, 6) is 4.04. The lowest BCUT2D eigenvalue weighted by Gasteiger charge is -2.48. The summed E-state index contributed by atoms with van der Waals surface area (Å²) in [4.78, 5) is 14.6. The van der Waals surface area contributed by atoms with E-state index < -0.39 is 0 Å². The molecule has 0 bridgehead atoms. The lowest BCUT2D eigenvalue weighted by molar-refractivity contribution is 0.0308. The van der Waals surface area contributed by atoms with Crippen LogP contribution in [0, 0.1) is 16.7 Å². The fraction of sp³-hybridized carbons (Fsp3) is 0.586. The highest BCUT2D eigenvalue weighted by atomic mass is 16.5. The van der Waals surface area contributed by atoms with Crippen LogP contribution in [-0.2, 0) is 12.8 Å². The zero-order chi connectivity index (χ0) is 26.1. The van der Waals surface area contributed by atoms with E-state index in [0.29, 0.717) is 30.2 Å². The molecule has 3 aliphatic heterocycles. The maximum absolute atomic E-state index is 12.0. The first-order valence-corrected chi connectivity index (χ1v) is 13.4. The van der Waals surface area contributed by atoms with E-state index in [4.69, 9.17) is 18.9 Å². The Balaban J connectivity index is 1.48. The molecule has 4 atom stereocenters. The first kappa shape index (κ1) is 25.6. The summed E-state index contributed by atoms with van der Waals surface area (Å²) in [7, 11) is 6.72. The van der Waals surface area contributed by atoms with Crippen LogP contribution < -0.4 is 18.9 Å². The Bertz CT molecular complexity index is 1140. The minimum Gasteiger partial charge on any atom is -0.493 e. The molecule has 0 N–H and O–H groups in total. The normalized spacial score (nSPS) is 24.9. The molecule has 3 aliphatic rings. The van der Waals surface area contributed by atoms with Gasteiger partial charge in [0, 0.05) is 25.7 Å². The van der Waals surface area contributed by atoms with E-state index in [-0.39, 0.29) is 6.04 Å². The summed E-state index contributed by atoms with van der Waals surface area (Å²) in [5.41, 5.74) is 5.05. The highest BCUT2D eigenvalue weighted by molar-refractivity contribution is 5.50. The Morgan fingerprint density at radius 3 is 1.97 bits per heavy atom. The number of hydrogen-bond acceptors (Lipinski definition) is 7. The summed E-state index contributed by atoms with van der Waals surface area (Å²) in [5, 5.41) is 5.22. The minimum absolute atomic E-state index is 0.0693. The second-order valence-electron chi connectivity index (χ2n) is 10.5. The smallest absolute Gasteiger partial charge is 0.161 e. The van der Waals surface area contributed by atoms with Crippen molar-refractivity contribution in [2.24, 2.45) is 17.1 Å². The van der Waals surface area contributed by atoms with Crippen LogP contribution >= 0.6 is 0 Å². The summed E-state index contributed by atoms with van der Waals surface area (Å²) in [6.07, 6.45) is 4.85. The molecule has 0 radical (unpaired) electrons. The molecule has 8 nitrogen and oxygen atoms in total. The number of fused-ring (bicyclic) bond motifs is 4. The molecule has 0 aromatic heterocycles. The van der Waals surface area contributed by atoms with E-state index in [1.165, 1.54) is 16.7 Å². The Morgan fingerprint density at radius 2 is 1.38 bits per heavy atom. The number of ether oxygens (including phenoxy) is 4. The molecule has 1 saturated heterocycles. The van der Waals surface area contributed by atoms with Crippen LogP contribution in [0.2, 0.25) is 0 Å². The van der Waals surface area contributed by atoms with E-state index in [1.54, 1.807) is 33.4 Å². The third-order valence-corrected chi connectivity index (χ3v) is 8.90. The van der Waals surface area contributed by atoms with Crippen LogP contribution in [0.15, 0.2) is 29.6 Å². The number of piperidine rings is 1. The van der Waals surface area contributed by atoms with Crippen molar-refractivity contribution in [1.82, 2.24) is 9.91 Å². The molecule has 200 valence electrons. The van der Waals surface area contributed by atoms with Gasteiger partial charge in [0.25, 0.3) is 0 Å². The minimum atomic E-state index is -0.0693. The van der Waals surface area contributed by atoms with Gasteiger partial charge in [-0.1, -0.05) is 13.3 Å². The average Bonchev–Trinajstić information content (AvgIpc) is 2.95. The molecule has 2 aromatic carbocycles. The third kappa shape index (κ3) is 4.60. The molecule has 0 saturated carbocycles. The molecule has 0 aliphatic carbocycles. The molecule has 5 rings (SSSR count). The summed E-state index contributed by atoms with van der Waals surface area (Å²) in [6.45, 7) is 5.04. The first-order chi connectivity index (χ1) is 18.0. The number of rotatable bonds is 8. The molecule has 3 heterocycles. The van der Waals surface area contributed by atoms with Gasteiger partial charge in [0.15, 0.2) is 23.0 Å². The van der Waals surface area contributed by atoms with Gasteiger partial charge in [0.05, 0.1) is 39.8 Å². The van der Waals surface area contributed by atoms with Crippen molar-refractivity contribution in [2.45, 2.75) is 51.1 Å². The van der Waals surface area contributed by atoms with E-state index >= 15 is 0 Å². The molecule has 2 aromatic rings. The van der Waals surface area contributed by atoms with Gasteiger partial charge in [-0.3, -0.25) is 9.91 Å². The maximum atomic E-state index is 12.0. The van der Waals surface area contributed by atoms with Crippen LogP contribution in [0.3, 0.4) is 0 Å². The number of hydrogen-bond donors (Lipinski definition) is 0. The molecular formula is C29H39N3O5. The zero-order valence-electron chi connectivity index (χ0n) is 22.7. The topological polar surface area (TPSA) is 72.8 Å². The van der Waals surface area contributed by atoms with Crippen molar-refractivity contribution in [3.63, 3.8) is 0 Å². The molecule has 37 heavy (non-hydrogen) atoms. The Kier molecular flexibility index (Phi) is 7.47. The Morgan fingerprint density at radius 1 is 0.811 bits per heavy atom. The molecule has 4 unspecified atom stereocenters. The van der Waals surface area contributed by atoms with Gasteiger partial charge >= 0.3 is 0 Å². The average molecular weight is 510 g/mol. The van der Waals surface area contributed by atoms with E-state index in [0.717, 1.165) is 68.0 Å². The van der Waals surface area contributed by atoms with Crippen molar-refractivity contribution >= 4 is 0 Å². The lowest BCUT2D eigenvalue weighted by atomic mass is 9.72. The largest absolute Gasteiger partial charge is 0.493 e. The standard InChI is InChI=1S/C29H39N3O5/c1-6-18-17-31-9-7-19-13-26(34-2)28(36-4)15-22(19)24(31)11-21(18)12-25-23-16-29(37-5)27(35-3)14-20(23)8-10-32(25)30-33/h13-16,18,21,24-25H,6-12,17H2,1-5H3. The van der Waals surface area contributed by atoms with Crippen molar-refractivity contribution in [3.8, 4) is 23.0 Å². The van der Waals surface area contributed by atoms with Gasteiger partial charge in [0.1, 0.15) is 0 Å². The highest BCUT2D eigenvalue weighted by Crippen LogP contribution is 2.49. The van der Waals surface area contributed by atoms with Crippen LogP contribution in [0.1, 0.15) is 60.5 Å². The third-order valence-electron chi connectivity index (χ3n) is 8.90. The van der Waals surface area contributed by atoms with Crippen molar-refractivity contribution < 1.29 is 18.9 Å². The Labute approximate surface area is 219 Å². The SMILES string of the molecule is CCC1CN2CCc3cc(OC)c(OC)cc3C2CC1CC1c2cc(OC)c(OC)cc2CCN1N=O. The fourth-order valence-corrected chi connectivity index (χ4v) is 6.90.